The summed E-state index contributed by atoms with van der Waals surface area (Å²) in [6.07, 6.45) is -11.9. The Morgan fingerprint density at radius 1 is 0.869 bits per heavy atom. The number of amides is 1. The summed E-state index contributed by atoms with van der Waals surface area (Å²) in [5.41, 5.74) is -0.703. The first-order valence-corrected chi connectivity index (χ1v) is 20.9. The first-order valence-electron chi connectivity index (χ1n) is 18.0. The monoisotopic (exact) mass is 891 g/mol. The lowest BCUT2D eigenvalue weighted by atomic mass is 10.1. The summed E-state index contributed by atoms with van der Waals surface area (Å²) in [6, 6.07) is 11.6. The maximum Gasteiger partial charge on any atom is 0.475 e. The molecule has 0 aliphatic carbocycles. The van der Waals surface area contributed by atoms with Crippen LogP contribution in [0, 0.1) is 22.7 Å². The van der Waals surface area contributed by atoms with Gasteiger partial charge < -0.3 is 29.8 Å². The highest BCUT2D eigenvalue weighted by atomic mass is 31.2. The van der Waals surface area contributed by atoms with Gasteiger partial charge in [-0.15, -0.1) is 0 Å². The molecule has 6 heterocycles. The number of phosphoric ester groups is 2. The molecule has 0 saturated carbocycles. The van der Waals surface area contributed by atoms with Crippen LogP contribution in [0.2, 0.25) is 0 Å². The van der Waals surface area contributed by atoms with Crippen molar-refractivity contribution >= 4 is 49.7 Å². The molecule has 5 aromatic rings. The van der Waals surface area contributed by atoms with Crippen LogP contribution in [-0.4, -0.2) is 118 Å². The normalized spacial score (nSPS) is 25.8. The number of nitrogens with zero attached hydrogens (tertiary/aromatic N) is 9. The van der Waals surface area contributed by atoms with E-state index in [1.165, 1.54) is 0 Å². The van der Waals surface area contributed by atoms with Crippen LogP contribution in [0.5, 0.6) is 0 Å². The van der Waals surface area contributed by atoms with Gasteiger partial charge in [-0.05, 0) is 12.1 Å². The number of alkyl halides is 2. The van der Waals surface area contributed by atoms with Gasteiger partial charge >= 0.3 is 15.6 Å². The van der Waals surface area contributed by atoms with E-state index in [2.05, 4.69) is 35.2 Å². The average Bonchev–Trinajstić information content (AvgIpc) is 4.02. The number of fused-ring (bicyclic) bond motifs is 2. The Balaban J connectivity index is 1.15. The van der Waals surface area contributed by atoms with Gasteiger partial charge in [0, 0.05) is 5.56 Å². The lowest BCUT2D eigenvalue weighted by molar-refractivity contribution is -0.0588. The number of nitrogens with one attached hydrogen (secondary N) is 2. The fourth-order valence-electron chi connectivity index (χ4n) is 6.32. The number of aromatic nitrogens is 8. The Morgan fingerprint density at radius 2 is 1.49 bits per heavy atom. The molecule has 7 rings (SSSR count). The van der Waals surface area contributed by atoms with Crippen molar-refractivity contribution in [3.05, 3.63) is 71.6 Å². The molecule has 2 fully saturated rings. The number of carbonyl (C=O) groups is 1. The van der Waals surface area contributed by atoms with E-state index in [1.54, 1.807) is 42.5 Å². The number of rotatable bonds is 18. The van der Waals surface area contributed by atoms with E-state index in [9.17, 15) is 28.7 Å². The summed E-state index contributed by atoms with van der Waals surface area (Å²) in [5.74, 6) is -0.610. The molecule has 24 nitrogen and oxygen atoms in total. The van der Waals surface area contributed by atoms with Crippen molar-refractivity contribution in [2.45, 2.75) is 62.1 Å². The predicted octanol–water partition coefficient (Wildman–Crippen LogP) is 2.53. The Labute approximate surface area is 341 Å². The molecule has 1 aromatic carbocycles. The number of aliphatic hydroxyl groups excluding tert-OH is 1. The number of imidazole rings is 2. The highest BCUT2D eigenvalue weighted by molar-refractivity contribution is 7.48. The van der Waals surface area contributed by atoms with E-state index in [-0.39, 0.29) is 41.0 Å². The third-order valence-corrected chi connectivity index (χ3v) is 11.6. The van der Waals surface area contributed by atoms with Crippen LogP contribution >= 0.6 is 15.6 Å². The maximum absolute atomic E-state index is 16.6. The van der Waals surface area contributed by atoms with Crippen LogP contribution in [0.25, 0.3) is 22.3 Å². The fourth-order valence-corrected chi connectivity index (χ4v) is 8.66. The van der Waals surface area contributed by atoms with E-state index in [4.69, 9.17) is 42.6 Å². The largest absolute Gasteiger partial charge is 0.475 e. The zero-order valence-corrected chi connectivity index (χ0v) is 32.9. The Morgan fingerprint density at radius 3 is 2.16 bits per heavy atom. The van der Waals surface area contributed by atoms with Crippen molar-refractivity contribution < 1.29 is 64.8 Å². The molecule has 4 N–H and O–H groups in total. The van der Waals surface area contributed by atoms with Gasteiger partial charge in [-0.25, -0.2) is 42.8 Å². The summed E-state index contributed by atoms with van der Waals surface area (Å²) in [4.78, 5) is 58.2. The summed E-state index contributed by atoms with van der Waals surface area (Å²) >= 11 is 0. The molecule has 2 aliphatic rings. The van der Waals surface area contributed by atoms with Gasteiger partial charge in [0.15, 0.2) is 52.9 Å². The predicted molar refractivity (Wildman–Crippen MR) is 198 cm³/mol. The molecule has 0 radical (unpaired) electrons. The lowest BCUT2D eigenvalue weighted by Crippen LogP contribution is -2.35. The number of aliphatic hydroxyl groups is 1. The van der Waals surface area contributed by atoms with Gasteiger partial charge in [0.25, 0.3) is 11.5 Å². The summed E-state index contributed by atoms with van der Waals surface area (Å²) in [7, 11) is -10.2. The minimum absolute atomic E-state index is 0.0150. The first kappa shape index (κ1) is 43.6. The molecule has 0 bridgehead atoms. The summed E-state index contributed by atoms with van der Waals surface area (Å²) in [5, 5.41) is 30.7. The topological polar surface area (TPSA) is 323 Å². The number of hydrogen-bond acceptors (Lipinski definition) is 19. The highest BCUT2D eigenvalue weighted by Crippen LogP contribution is 2.55. The van der Waals surface area contributed by atoms with Crippen LogP contribution in [0.3, 0.4) is 0 Å². The molecule has 2 saturated heterocycles. The SMILES string of the molecule is N#CCCOP(=O)(O)O[C@@H]1C(COP(=O)(OCCC#N)O[C@@H]2C(CO)OC(n3cnc4c(=O)[nH]cnc43)[C@@H]2F)OC(n2cnc3c(NC(=O)c4ccccc4)ncnc32)[C@@H]1F. The maximum atomic E-state index is 16.6. The number of ether oxygens (including phenoxy) is 2. The molecule has 2 aliphatic heterocycles. The van der Waals surface area contributed by atoms with Crippen molar-refractivity contribution in [1.82, 2.24) is 39.0 Å². The van der Waals surface area contributed by atoms with Gasteiger partial charge in [-0.1, -0.05) is 18.2 Å². The summed E-state index contributed by atoms with van der Waals surface area (Å²) in [6.45, 7) is -3.12. The minimum Gasteiger partial charge on any atom is -0.394 e. The second-order valence-corrected chi connectivity index (χ2v) is 16.0. The van der Waals surface area contributed by atoms with Gasteiger partial charge in [0.1, 0.15) is 30.7 Å². The summed E-state index contributed by atoms with van der Waals surface area (Å²) < 4.78 is 100. The van der Waals surface area contributed by atoms with Crippen LogP contribution in [0.4, 0.5) is 14.6 Å². The Bertz CT molecular complexity index is 2610. The van der Waals surface area contributed by atoms with Crippen molar-refractivity contribution in [3.63, 3.8) is 0 Å². The van der Waals surface area contributed by atoms with E-state index in [0.29, 0.717) is 5.56 Å². The van der Waals surface area contributed by atoms with Crippen LogP contribution in [0.1, 0.15) is 35.7 Å². The quantitative estimate of drug-likeness (QED) is 0.0725. The van der Waals surface area contributed by atoms with E-state index >= 15 is 8.78 Å². The number of benzene rings is 1. The van der Waals surface area contributed by atoms with Crippen molar-refractivity contribution in [2.75, 3.05) is 31.7 Å². The molecule has 28 heteroatoms. The molecular formula is C33H33F2N11O13P2. The van der Waals surface area contributed by atoms with E-state index < -0.39 is 103 Å². The first-order chi connectivity index (χ1) is 29.4. The smallest absolute Gasteiger partial charge is 0.394 e. The Hall–Kier alpha value is -5.47. The molecule has 10 atom stereocenters. The number of carbonyl (C=O) groups excluding carboxylic acids is 1. The fraction of sp³-hybridized carbons (Fsp3) is 0.424. The highest BCUT2D eigenvalue weighted by Gasteiger charge is 2.54. The van der Waals surface area contributed by atoms with E-state index in [1.807, 2.05) is 0 Å². The van der Waals surface area contributed by atoms with Crippen LogP contribution in [-0.2, 0) is 41.2 Å². The molecule has 61 heavy (non-hydrogen) atoms. The number of aromatic amines is 1. The number of H-pyrrole nitrogens is 1. The van der Waals surface area contributed by atoms with Crippen molar-refractivity contribution in [2.24, 2.45) is 0 Å². The third-order valence-electron chi connectivity index (χ3n) is 9.09. The molecule has 0 spiro atoms. The zero-order valence-electron chi connectivity index (χ0n) is 31.1. The number of hydrogen-bond donors (Lipinski definition) is 4. The molecule has 1 amide bonds. The lowest BCUT2D eigenvalue weighted by Gasteiger charge is -2.26. The van der Waals surface area contributed by atoms with Gasteiger partial charge in [0.05, 0.1) is 70.4 Å². The molecular weight excluding hydrogens is 858 g/mol. The van der Waals surface area contributed by atoms with Gasteiger partial charge in [-0.2, -0.15) is 10.5 Å². The van der Waals surface area contributed by atoms with Crippen molar-refractivity contribution in [1.29, 1.82) is 10.5 Å². The standard InChI is InChI=1S/C33H33F2N11O13P2/c34-21-25(19(12-47)56-32(21)46-17-43-24-29(46)40-15-41-31(24)49)59-61(52,54-11-5-9-37)55-13-20-26(58-60(50,51)53-10-4-8-36)22(35)33(57-20)45-16-42-23-27(38-14-39-28(23)45)44-30(48)18-6-2-1-3-7-18/h1-3,6-7,14-17,19-22,25-26,32-33,47H,4-5,10-13H2,(H,50,51)(H,40,41,49)(H,38,39,44,48)/t19?,20?,21-,22-,25-,26-,32?,33?,61?/m1/s1. The Kier molecular flexibility index (Phi) is 13.3. The average molecular weight is 892 g/mol. The third kappa shape index (κ3) is 9.40. The number of anilines is 1. The zero-order chi connectivity index (χ0) is 43.3. The molecule has 322 valence electrons. The van der Waals surface area contributed by atoms with E-state index in [0.717, 1.165) is 34.4 Å². The molecule has 6 unspecified atom stereocenters. The number of halogens is 2. The minimum atomic E-state index is -5.15. The van der Waals surface area contributed by atoms with Gasteiger partial charge in [-0.3, -0.25) is 41.3 Å². The second kappa shape index (κ2) is 18.7. The second-order valence-electron chi connectivity index (χ2n) is 13.0. The van der Waals surface area contributed by atoms with Crippen LogP contribution in [0.15, 0.2) is 60.4 Å². The number of phosphoric acid groups is 2. The number of nitriles is 2. The van der Waals surface area contributed by atoms with Crippen molar-refractivity contribution in [3.8, 4) is 12.1 Å². The molecule has 4 aromatic heterocycles. The van der Waals surface area contributed by atoms with Crippen LogP contribution < -0.4 is 10.9 Å². The van der Waals surface area contributed by atoms with Gasteiger partial charge in [0.2, 0.25) is 0 Å².